The van der Waals surface area contributed by atoms with Crippen LogP contribution in [0.15, 0.2) is 0 Å². The lowest BCUT2D eigenvalue weighted by Gasteiger charge is -2.18. The fraction of sp³-hybridized carbons (Fsp3) is 0.900. The van der Waals surface area contributed by atoms with Crippen LogP contribution in [0, 0.1) is 11.8 Å². The summed E-state index contributed by atoms with van der Waals surface area (Å²) in [5, 5.41) is 5.61. The molecule has 0 bridgehead atoms. The highest BCUT2D eigenvalue weighted by atomic mass is 16.2. The number of nitrogens with two attached hydrogens (primary N) is 1. The van der Waals surface area contributed by atoms with Gasteiger partial charge in [-0.15, -0.1) is 0 Å². The van der Waals surface area contributed by atoms with Gasteiger partial charge in [-0.3, -0.25) is 0 Å². The quantitative estimate of drug-likeness (QED) is 0.623. The number of rotatable bonds is 4. The van der Waals surface area contributed by atoms with E-state index in [2.05, 4.69) is 10.6 Å². The zero-order valence-electron chi connectivity index (χ0n) is 8.88. The van der Waals surface area contributed by atoms with E-state index in [1.165, 1.54) is 19.3 Å². The molecular weight excluding hydrogens is 178 g/mol. The van der Waals surface area contributed by atoms with Gasteiger partial charge in [-0.25, -0.2) is 4.79 Å². The summed E-state index contributed by atoms with van der Waals surface area (Å²) >= 11 is 0. The second kappa shape index (κ2) is 5.86. The molecule has 1 rings (SSSR count). The highest BCUT2D eigenvalue weighted by molar-refractivity contribution is 5.73. The molecule has 1 fully saturated rings. The summed E-state index contributed by atoms with van der Waals surface area (Å²) in [5.74, 6) is 1.19. The van der Waals surface area contributed by atoms with Crippen molar-refractivity contribution in [2.45, 2.75) is 26.2 Å². The molecular formula is C10H21N3O. The lowest BCUT2D eigenvalue weighted by molar-refractivity contribution is 0.237. The molecule has 2 atom stereocenters. The third-order valence-corrected chi connectivity index (χ3v) is 2.98. The van der Waals surface area contributed by atoms with Crippen LogP contribution in [0.3, 0.4) is 0 Å². The van der Waals surface area contributed by atoms with E-state index in [1.54, 1.807) is 0 Å². The fourth-order valence-corrected chi connectivity index (χ4v) is 2.14. The first-order chi connectivity index (χ1) is 6.77. The van der Waals surface area contributed by atoms with Gasteiger partial charge in [-0.05, 0) is 38.1 Å². The van der Waals surface area contributed by atoms with Gasteiger partial charge >= 0.3 is 6.03 Å². The van der Waals surface area contributed by atoms with Crippen LogP contribution < -0.4 is 16.4 Å². The van der Waals surface area contributed by atoms with E-state index in [9.17, 15) is 4.79 Å². The SMILES string of the molecule is CCNC(=O)NCC1CCCC1CN. The highest BCUT2D eigenvalue weighted by Crippen LogP contribution is 2.30. The Morgan fingerprint density at radius 1 is 1.36 bits per heavy atom. The zero-order valence-corrected chi connectivity index (χ0v) is 8.88. The maximum absolute atomic E-state index is 11.1. The van der Waals surface area contributed by atoms with E-state index < -0.39 is 0 Å². The van der Waals surface area contributed by atoms with Gasteiger partial charge < -0.3 is 16.4 Å². The van der Waals surface area contributed by atoms with Crippen molar-refractivity contribution in [3.05, 3.63) is 0 Å². The van der Waals surface area contributed by atoms with Gasteiger partial charge in [0.25, 0.3) is 0 Å². The Hall–Kier alpha value is -0.770. The normalized spacial score (nSPS) is 26.1. The predicted molar refractivity (Wildman–Crippen MR) is 57.0 cm³/mol. The first-order valence-electron chi connectivity index (χ1n) is 5.49. The first kappa shape index (κ1) is 11.3. The predicted octanol–water partition coefficient (Wildman–Crippen LogP) is 0.681. The molecule has 0 aromatic carbocycles. The largest absolute Gasteiger partial charge is 0.338 e. The average Bonchev–Trinajstić information content (AvgIpc) is 2.62. The molecule has 2 unspecified atom stereocenters. The van der Waals surface area contributed by atoms with Crippen LogP contribution in [0.5, 0.6) is 0 Å². The van der Waals surface area contributed by atoms with Crippen molar-refractivity contribution < 1.29 is 4.79 Å². The molecule has 1 aliphatic carbocycles. The smallest absolute Gasteiger partial charge is 0.314 e. The van der Waals surface area contributed by atoms with Gasteiger partial charge in [0, 0.05) is 13.1 Å². The first-order valence-corrected chi connectivity index (χ1v) is 5.49. The summed E-state index contributed by atoms with van der Waals surface area (Å²) in [7, 11) is 0. The molecule has 0 saturated heterocycles. The molecule has 0 spiro atoms. The van der Waals surface area contributed by atoms with Crippen LogP contribution in [-0.2, 0) is 0 Å². The van der Waals surface area contributed by atoms with Crippen molar-refractivity contribution >= 4 is 6.03 Å². The fourth-order valence-electron chi connectivity index (χ4n) is 2.14. The summed E-state index contributed by atoms with van der Waals surface area (Å²) in [4.78, 5) is 11.1. The number of amides is 2. The van der Waals surface area contributed by atoms with Crippen LogP contribution in [0.25, 0.3) is 0 Å². The Labute approximate surface area is 85.6 Å². The molecule has 0 radical (unpaired) electrons. The molecule has 82 valence electrons. The van der Waals surface area contributed by atoms with Crippen LogP contribution in [0.1, 0.15) is 26.2 Å². The van der Waals surface area contributed by atoms with E-state index in [-0.39, 0.29) is 6.03 Å². The number of urea groups is 1. The zero-order chi connectivity index (χ0) is 10.4. The third kappa shape index (κ3) is 3.18. The van der Waals surface area contributed by atoms with Gasteiger partial charge in [0.05, 0.1) is 0 Å². The van der Waals surface area contributed by atoms with Gasteiger partial charge in [0.1, 0.15) is 0 Å². The minimum atomic E-state index is -0.0600. The van der Waals surface area contributed by atoms with Crippen molar-refractivity contribution in [2.24, 2.45) is 17.6 Å². The van der Waals surface area contributed by atoms with Crippen LogP contribution in [0.4, 0.5) is 4.79 Å². The summed E-state index contributed by atoms with van der Waals surface area (Å²) < 4.78 is 0. The second-order valence-electron chi connectivity index (χ2n) is 3.93. The number of nitrogens with one attached hydrogen (secondary N) is 2. The van der Waals surface area contributed by atoms with Crippen molar-refractivity contribution in [3.63, 3.8) is 0 Å². The van der Waals surface area contributed by atoms with Gasteiger partial charge in [0.2, 0.25) is 0 Å². The molecule has 2 amide bonds. The minimum absolute atomic E-state index is 0.0600. The molecule has 4 N–H and O–H groups in total. The van der Waals surface area contributed by atoms with Gasteiger partial charge in [-0.2, -0.15) is 0 Å². The molecule has 4 nitrogen and oxygen atoms in total. The summed E-state index contributed by atoms with van der Waals surface area (Å²) in [5.41, 5.74) is 5.66. The van der Waals surface area contributed by atoms with E-state index in [4.69, 9.17) is 5.73 Å². The molecule has 1 aliphatic rings. The Morgan fingerprint density at radius 3 is 2.71 bits per heavy atom. The van der Waals surface area contributed by atoms with Crippen LogP contribution >= 0.6 is 0 Å². The van der Waals surface area contributed by atoms with E-state index >= 15 is 0 Å². The summed E-state index contributed by atoms with van der Waals surface area (Å²) in [6.45, 7) is 4.12. The molecule has 0 aromatic heterocycles. The lowest BCUT2D eigenvalue weighted by Crippen LogP contribution is -2.39. The summed E-state index contributed by atoms with van der Waals surface area (Å²) in [6, 6.07) is -0.0600. The van der Waals surface area contributed by atoms with Gasteiger partial charge in [-0.1, -0.05) is 6.42 Å². The number of hydrogen-bond donors (Lipinski definition) is 3. The monoisotopic (exact) mass is 199 g/mol. The van der Waals surface area contributed by atoms with Crippen LogP contribution in [0.2, 0.25) is 0 Å². The average molecular weight is 199 g/mol. The van der Waals surface area contributed by atoms with Crippen molar-refractivity contribution in [1.82, 2.24) is 10.6 Å². The Balaban J connectivity index is 2.20. The number of carbonyl (C=O) groups excluding carboxylic acids is 1. The maximum Gasteiger partial charge on any atom is 0.314 e. The van der Waals surface area contributed by atoms with Crippen molar-refractivity contribution in [2.75, 3.05) is 19.6 Å². The lowest BCUT2D eigenvalue weighted by atomic mass is 9.96. The van der Waals surface area contributed by atoms with E-state index in [0.29, 0.717) is 18.4 Å². The van der Waals surface area contributed by atoms with E-state index in [1.807, 2.05) is 6.92 Å². The minimum Gasteiger partial charge on any atom is -0.338 e. The van der Waals surface area contributed by atoms with Crippen molar-refractivity contribution in [1.29, 1.82) is 0 Å². The topological polar surface area (TPSA) is 67.2 Å². The Morgan fingerprint density at radius 2 is 2.07 bits per heavy atom. The third-order valence-electron chi connectivity index (χ3n) is 2.98. The standard InChI is InChI=1S/C10H21N3O/c1-2-12-10(14)13-7-9-5-3-4-8(9)6-11/h8-9H,2-7,11H2,1H3,(H2,12,13,14). The molecule has 0 aromatic rings. The summed E-state index contributed by atoms with van der Waals surface area (Å²) in [6.07, 6.45) is 3.68. The second-order valence-corrected chi connectivity index (χ2v) is 3.93. The van der Waals surface area contributed by atoms with Gasteiger partial charge in [0.15, 0.2) is 0 Å². The highest BCUT2D eigenvalue weighted by Gasteiger charge is 2.25. The molecule has 1 saturated carbocycles. The Kier molecular flexibility index (Phi) is 4.73. The molecule has 0 aliphatic heterocycles. The number of hydrogen-bond acceptors (Lipinski definition) is 2. The molecule has 14 heavy (non-hydrogen) atoms. The van der Waals surface area contributed by atoms with Crippen molar-refractivity contribution in [3.8, 4) is 0 Å². The molecule has 0 heterocycles. The number of carbonyl (C=O) groups is 1. The Bertz CT molecular complexity index is 184. The molecule has 4 heteroatoms. The van der Waals surface area contributed by atoms with Crippen LogP contribution in [-0.4, -0.2) is 25.7 Å². The maximum atomic E-state index is 11.1. The van der Waals surface area contributed by atoms with E-state index in [0.717, 1.165) is 13.1 Å².